The van der Waals surface area contributed by atoms with Crippen LogP contribution in [0.2, 0.25) is 15.1 Å². The van der Waals surface area contributed by atoms with E-state index in [-0.39, 0.29) is 25.0 Å². The molecule has 0 spiro atoms. The molecule has 0 heterocycles. The van der Waals surface area contributed by atoms with Gasteiger partial charge >= 0.3 is 0 Å². The van der Waals surface area contributed by atoms with Crippen LogP contribution >= 0.6 is 34.8 Å². The predicted octanol–water partition coefficient (Wildman–Crippen LogP) is 6.19. The second kappa shape index (κ2) is 13.4. The van der Waals surface area contributed by atoms with Gasteiger partial charge in [0.2, 0.25) is 5.91 Å². The topological polar surface area (TPSA) is 58.6 Å². The molecule has 2 amide bonds. The molecule has 1 N–H and O–H groups in total. The van der Waals surface area contributed by atoms with E-state index in [1.54, 1.807) is 42.5 Å². The number of carbonyl (C=O) groups excluding carboxylic acids is 2. The predicted molar refractivity (Wildman–Crippen MR) is 141 cm³/mol. The fourth-order valence-electron chi connectivity index (χ4n) is 3.51. The normalized spacial score (nSPS) is 11.5. The molecule has 0 radical (unpaired) electrons. The number of hydrogen-bond acceptors (Lipinski definition) is 3. The van der Waals surface area contributed by atoms with Gasteiger partial charge in [-0.2, -0.15) is 0 Å². The molecule has 0 saturated heterocycles. The van der Waals surface area contributed by atoms with E-state index in [0.717, 1.165) is 12.0 Å². The summed E-state index contributed by atoms with van der Waals surface area (Å²) in [4.78, 5) is 28.3. The number of ether oxygens (including phenoxy) is 1. The van der Waals surface area contributed by atoms with Gasteiger partial charge in [-0.25, -0.2) is 0 Å². The van der Waals surface area contributed by atoms with Crippen molar-refractivity contribution in [2.45, 2.75) is 32.4 Å². The molecule has 0 aliphatic rings. The number of benzene rings is 3. The van der Waals surface area contributed by atoms with Crippen molar-refractivity contribution in [3.8, 4) is 5.75 Å². The quantitative estimate of drug-likeness (QED) is 0.320. The molecule has 0 saturated carbocycles. The lowest BCUT2D eigenvalue weighted by Gasteiger charge is -2.31. The van der Waals surface area contributed by atoms with E-state index in [4.69, 9.17) is 39.5 Å². The lowest BCUT2D eigenvalue weighted by Crippen LogP contribution is -2.51. The van der Waals surface area contributed by atoms with Crippen molar-refractivity contribution in [1.29, 1.82) is 0 Å². The molecule has 0 aliphatic heterocycles. The first-order valence-corrected chi connectivity index (χ1v) is 12.4. The van der Waals surface area contributed by atoms with Gasteiger partial charge in [-0.05, 0) is 53.9 Å². The Bertz CT molecular complexity index is 1120. The minimum absolute atomic E-state index is 0.121. The second-order valence-corrected chi connectivity index (χ2v) is 9.28. The van der Waals surface area contributed by atoms with Crippen LogP contribution in [0.5, 0.6) is 5.75 Å². The minimum Gasteiger partial charge on any atom is -0.484 e. The van der Waals surface area contributed by atoms with Crippen molar-refractivity contribution < 1.29 is 14.3 Å². The fraction of sp³-hybridized carbons (Fsp3) is 0.259. The monoisotopic (exact) mass is 532 g/mol. The van der Waals surface area contributed by atoms with Crippen molar-refractivity contribution in [2.75, 3.05) is 13.2 Å². The standard InChI is InChI=1S/C27H27Cl3N2O3/c1-2-14-31-27(34)25(15-19-6-4-3-5-7-19)32(17-20-8-9-22(29)16-24(20)30)26(33)18-35-23-12-10-21(28)11-13-23/h3-13,16,25H,2,14-15,17-18H2,1H3,(H,31,34)/t25-/m1/s1. The van der Waals surface area contributed by atoms with Gasteiger partial charge in [-0.1, -0.05) is 78.1 Å². The Morgan fingerprint density at radius 1 is 0.943 bits per heavy atom. The number of halogens is 3. The summed E-state index contributed by atoms with van der Waals surface area (Å²) in [6.07, 6.45) is 1.12. The third-order valence-corrected chi connectivity index (χ3v) is 6.19. The summed E-state index contributed by atoms with van der Waals surface area (Å²) in [7, 11) is 0. The number of rotatable bonds is 11. The maximum absolute atomic E-state index is 13.5. The molecule has 35 heavy (non-hydrogen) atoms. The van der Waals surface area contributed by atoms with E-state index in [9.17, 15) is 9.59 Å². The first-order chi connectivity index (χ1) is 16.9. The smallest absolute Gasteiger partial charge is 0.261 e. The highest BCUT2D eigenvalue weighted by Gasteiger charge is 2.31. The zero-order valence-corrected chi connectivity index (χ0v) is 21.6. The maximum atomic E-state index is 13.5. The van der Waals surface area contributed by atoms with Crippen molar-refractivity contribution in [1.82, 2.24) is 10.2 Å². The summed E-state index contributed by atoms with van der Waals surface area (Å²) in [5, 5.41) is 4.41. The molecule has 0 fully saturated rings. The van der Waals surface area contributed by atoms with Crippen LogP contribution in [0.3, 0.4) is 0 Å². The maximum Gasteiger partial charge on any atom is 0.261 e. The first kappa shape index (κ1) is 26.9. The Kier molecular flexibility index (Phi) is 10.3. The largest absolute Gasteiger partial charge is 0.484 e. The second-order valence-electron chi connectivity index (χ2n) is 8.00. The van der Waals surface area contributed by atoms with E-state index < -0.39 is 6.04 Å². The first-order valence-electron chi connectivity index (χ1n) is 11.3. The van der Waals surface area contributed by atoms with E-state index in [1.165, 1.54) is 4.90 Å². The average Bonchev–Trinajstić information content (AvgIpc) is 2.86. The van der Waals surface area contributed by atoms with Crippen LogP contribution in [0.4, 0.5) is 0 Å². The van der Waals surface area contributed by atoms with Crippen LogP contribution in [0.1, 0.15) is 24.5 Å². The molecular formula is C27H27Cl3N2O3. The Balaban J connectivity index is 1.91. The van der Waals surface area contributed by atoms with E-state index in [2.05, 4.69) is 5.32 Å². The van der Waals surface area contributed by atoms with Gasteiger partial charge in [0, 0.05) is 34.6 Å². The highest BCUT2D eigenvalue weighted by molar-refractivity contribution is 6.35. The van der Waals surface area contributed by atoms with Gasteiger partial charge in [0.15, 0.2) is 6.61 Å². The number of carbonyl (C=O) groups is 2. The third-order valence-electron chi connectivity index (χ3n) is 5.35. The van der Waals surface area contributed by atoms with Gasteiger partial charge in [0.25, 0.3) is 5.91 Å². The van der Waals surface area contributed by atoms with Gasteiger partial charge in [0.1, 0.15) is 11.8 Å². The van der Waals surface area contributed by atoms with Gasteiger partial charge in [-0.3, -0.25) is 9.59 Å². The van der Waals surface area contributed by atoms with Crippen LogP contribution in [0.25, 0.3) is 0 Å². The molecule has 0 unspecified atom stereocenters. The minimum atomic E-state index is -0.767. The Morgan fingerprint density at radius 3 is 2.29 bits per heavy atom. The number of nitrogens with one attached hydrogen (secondary N) is 1. The molecule has 3 rings (SSSR count). The molecule has 0 bridgehead atoms. The third kappa shape index (κ3) is 8.17. The molecule has 1 atom stereocenters. The Morgan fingerprint density at radius 2 is 1.63 bits per heavy atom. The van der Waals surface area contributed by atoms with Crippen LogP contribution in [0.15, 0.2) is 72.8 Å². The molecule has 0 aliphatic carbocycles. The Labute approximate surface area is 220 Å². The highest BCUT2D eigenvalue weighted by Crippen LogP contribution is 2.24. The zero-order valence-electron chi connectivity index (χ0n) is 19.3. The summed E-state index contributed by atoms with van der Waals surface area (Å²) in [6.45, 7) is 2.35. The van der Waals surface area contributed by atoms with Gasteiger partial charge in [-0.15, -0.1) is 0 Å². The average molecular weight is 534 g/mol. The van der Waals surface area contributed by atoms with Crippen molar-refractivity contribution in [3.63, 3.8) is 0 Å². The molecule has 0 aromatic heterocycles. The van der Waals surface area contributed by atoms with Crippen LogP contribution in [-0.4, -0.2) is 35.9 Å². The van der Waals surface area contributed by atoms with Crippen molar-refractivity contribution in [2.24, 2.45) is 0 Å². The summed E-state index contributed by atoms with van der Waals surface area (Å²) in [5.74, 6) is -0.0820. The molecular weight excluding hydrogens is 507 g/mol. The summed E-state index contributed by atoms with van der Waals surface area (Å²) >= 11 is 18.4. The molecule has 3 aromatic carbocycles. The van der Waals surface area contributed by atoms with Crippen LogP contribution in [0, 0.1) is 0 Å². The summed E-state index contributed by atoms with van der Waals surface area (Å²) < 4.78 is 5.72. The molecule has 8 heteroatoms. The summed E-state index contributed by atoms with van der Waals surface area (Å²) in [5.41, 5.74) is 1.61. The van der Waals surface area contributed by atoms with Gasteiger partial charge < -0.3 is 15.0 Å². The molecule has 5 nitrogen and oxygen atoms in total. The van der Waals surface area contributed by atoms with Crippen LogP contribution in [-0.2, 0) is 22.6 Å². The van der Waals surface area contributed by atoms with E-state index >= 15 is 0 Å². The van der Waals surface area contributed by atoms with E-state index in [0.29, 0.717) is 39.3 Å². The van der Waals surface area contributed by atoms with Crippen molar-refractivity contribution >= 4 is 46.6 Å². The number of nitrogens with zero attached hydrogens (tertiary/aromatic N) is 1. The lowest BCUT2D eigenvalue weighted by molar-refractivity contribution is -0.142. The number of hydrogen-bond donors (Lipinski definition) is 1. The fourth-order valence-corrected chi connectivity index (χ4v) is 4.11. The summed E-state index contributed by atoms with van der Waals surface area (Å²) in [6, 6.07) is 20.6. The molecule has 184 valence electrons. The van der Waals surface area contributed by atoms with Crippen LogP contribution < -0.4 is 10.1 Å². The lowest BCUT2D eigenvalue weighted by atomic mass is 10.0. The van der Waals surface area contributed by atoms with Crippen molar-refractivity contribution in [3.05, 3.63) is 99.0 Å². The van der Waals surface area contributed by atoms with Gasteiger partial charge in [0.05, 0.1) is 0 Å². The number of amides is 2. The van der Waals surface area contributed by atoms with E-state index in [1.807, 2.05) is 37.3 Å². The highest BCUT2D eigenvalue weighted by atomic mass is 35.5. The Hall–Kier alpha value is -2.73. The molecule has 3 aromatic rings. The SMILES string of the molecule is CCCNC(=O)[C@@H](Cc1ccccc1)N(Cc1ccc(Cl)cc1Cl)C(=O)COc1ccc(Cl)cc1. The zero-order chi connectivity index (χ0) is 25.2.